The van der Waals surface area contributed by atoms with Gasteiger partial charge in [-0.2, -0.15) is 0 Å². The Morgan fingerprint density at radius 1 is 1.33 bits per heavy atom. The zero-order chi connectivity index (χ0) is 13.3. The highest BCUT2D eigenvalue weighted by atomic mass is 79.9. The molecule has 0 amide bonds. The van der Waals surface area contributed by atoms with Crippen LogP contribution in [0.15, 0.2) is 29.2 Å². The monoisotopic (exact) mass is 331 g/mol. The summed E-state index contributed by atoms with van der Waals surface area (Å²) in [7, 11) is -1.20. The van der Waals surface area contributed by atoms with Gasteiger partial charge in [-0.1, -0.05) is 28.1 Å². The van der Waals surface area contributed by atoms with Crippen LogP contribution in [0.2, 0.25) is 0 Å². The Bertz CT molecular complexity index is 524. The van der Waals surface area contributed by atoms with E-state index in [2.05, 4.69) is 20.8 Å². The van der Waals surface area contributed by atoms with E-state index in [4.69, 9.17) is 0 Å². The number of para-hydroxylation sites is 1. The van der Waals surface area contributed by atoms with Gasteiger partial charge in [0.1, 0.15) is 0 Å². The van der Waals surface area contributed by atoms with E-state index >= 15 is 0 Å². The third-order valence-corrected chi connectivity index (χ3v) is 5.28. The second-order valence-electron chi connectivity index (χ2n) is 5.06. The molecular weight excluding hydrogens is 314 g/mol. The van der Waals surface area contributed by atoms with Crippen molar-refractivity contribution in [3.63, 3.8) is 0 Å². The molecule has 0 heterocycles. The highest BCUT2D eigenvalue weighted by Gasteiger charge is 2.28. The molecule has 3 nitrogen and oxygen atoms in total. The van der Waals surface area contributed by atoms with Crippen LogP contribution in [0.25, 0.3) is 0 Å². The molecule has 1 aliphatic rings. The first kappa shape index (κ1) is 13.9. The number of anilines is 1. The third kappa shape index (κ3) is 3.06. The lowest BCUT2D eigenvalue weighted by molar-refractivity contribution is 0.339. The number of nitrogens with zero attached hydrogens (tertiary/aromatic N) is 1. The first-order chi connectivity index (χ1) is 8.38. The molecule has 0 aliphatic heterocycles. The molecule has 1 aromatic carbocycles. The maximum atomic E-state index is 11.7. The summed E-state index contributed by atoms with van der Waals surface area (Å²) in [5.41, 5.74) is 0.804. The average molecular weight is 332 g/mol. The molecule has 0 atom stereocenters. The van der Waals surface area contributed by atoms with Crippen LogP contribution in [0.4, 0.5) is 5.69 Å². The lowest BCUT2D eigenvalue weighted by Gasteiger charge is -2.35. The lowest BCUT2D eigenvalue weighted by Crippen LogP contribution is -2.35. The van der Waals surface area contributed by atoms with Gasteiger partial charge in [-0.3, -0.25) is 0 Å². The molecule has 18 heavy (non-hydrogen) atoms. The van der Waals surface area contributed by atoms with Crippen molar-refractivity contribution in [3.8, 4) is 0 Å². The number of hydrogen-bond acceptors (Lipinski definition) is 3. The molecule has 0 radical (unpaired) electrons. The zero-order valence-corrected chi connectivity index (χ0v) is 13.0. The predicted octanol–water partition coefficient (Wildman–Crippen LogP) is 2.70. The van der Waals surface area contributed by atoms with E-state index in [-0.39, 0.29) is 0 Å². The number of hydrogen-bond donors (Lipinski definition) is 0. The SMILES string of the molecule is CN(CC1CC(Br)C1)c1ccccc1S(C)(=O)=O. The fraction of sp³-hybridized carbons (Fsp3) is 0.538. The summed E-state index contributed by atoms with van der Waals surface area (Å²) in [6.07, 6.45) is 3.61. The molecule has 0 aromatic heterocycles. The molecular formula is C13H18BrNO2S. The van der Waals surface area contributed by atoms with E-state index in [1.807, 2.05) is 19.2 Å². The van der Waals surface area contributed by atoms with Crippen LogP contribution in [0.1, 0.15) is 12.8 Å². The van der Waals surface area contributed by atoms with E-state index in [1.54, 1.807) is 12.1 Å². The van der Waals surface area contributed by atoms with Crippen molar-refractivity contribution in [2.45, 2.75) is 22.6 Å². The van der Waals surface area contributed by atoms with Gasteiger partial charge >= 0.3 is 0 Å². The van der Waals surface area contributed by atoms with Gasteiger partial charge in [0.2, 0.25) is 0 Å². The highest BCUT2D eigenvalue weighted by Crippen LogP contribution is 2.35. The molecule has 0 bridgehead atoms. The van der Waals surface area contributed by atoms with Crippen LogP contribution < -0.4 is 4.90 Å². The van der Waals surface area contributed by atoms with Crippen molar-refractivity contribution in [1.29, 1.82) is 0 Å². The van der Waals surface area contributed by atoms with Crippen LogP contribution in [-0.4, -0.2) is 33.1 Å². The maximum Gasteiger partial charge on any atom is 0.177 e. The number of alkyl halides is 1. The van der Waals surface area contributed by atoms with Gasteiger partial charge in [-0.25, -0.2) is 8.42 Å². The molecule has 1 aliphatic carbocycles. The van der Waals surface area contributed by atoms with Crippen molar-refractivity contribution < 1.29 is 8.42 Å². The predicted molar refractivity (Wildman–Crippen MR) is 78.3 cm³/mol. The largest absolute Gasteiger partial charge is 0.373 e. The van der Waals surface area contributed by atoms with Crippen molar-refractivity contribution >= 4 is 31.5 Å². The minimum absolute atomic E-state index is 0.419. The van der Waals surface area contributed by atoms with Gasteiger partial charge in [0.15, 0.2) is 9.84 Å². The first-order valence-electron chi connectivity index (χ1n) is 6.02. The molecule has 0 N–H and O–H groups in total. The van der Waals surface area contributed by atoms with Gasteiger partial charge in [0, 0.05) is 24.7 Å². The maximum absolute atomic E-state index is 11.7. The summed E-state index contributed by atoms with van der Waals surface area (Å²) in [5.74, 6) is 0.659. The molecule has 1 saturated carbocycles. The molecule has 0 spiro atoms. The molecule has 2 rings (SSSR count). The number of benzene rings is 1. The van der Waals surface area contributed by atoms with Crippen LogP contribution in [-0.2, 0) is 9.84 Å². The molecule has 5 heteroatoms. The Balaban J connectivity index is 2.17. The van der Waals surface area contributed by atoms with E-state index in [0.717, 1.165) is 12.2 Å². The molecule has 1 fully saturated rings. The normalized spacial score (nSPS) is 23.5. The van der Waals surface area contributed by atoms with Gasteiger partial charge < -0.3 is 4.90 Å². The van der Waals surface area contributed by atoms with Gasteiger partial charge in [-0.05, 0) is 30.9 Å². The first-order valence-corrected chi connectivity index (χ1v) is 8.83. The number of rotatable bonds is 4. The van der Waals surface area contributed by atoms with Crippen molar-refractivity contribution in [2.24, 2.45) is 5.92 Å². The van der Waals surface area contributed by atoms with E-state index < -0.39 is 9.84 Å². The molecule has 0 saturated heterocycles. The topological polar surface area (TPSA) is 37.4 Å². The minimum atomic E-state index is -3.16. The lowest BCUT2D eigenvalue weighted by atomic mass is 9.85. The van der Waals surface area contributed by atoms with Crippen LogP contribution in [0.5, 0.6) is 0 Å². The fourth-order valence-electron chi connectivity index (χ4n) is 2.38. The quantitative estimate of drug-likeness (QED) is 0.796. The molecule has 100 valence electrons. The Morgan fingerprint density at radius 3 is 2.50 bits per heavy atom. The van der Waals surface area contributed by atoms with Crippen LogP contribution in [0, 0.1) is 5.92 Å². The Kier molecular flexibility index (Phi) is 4.02. The summed E-state index contributed by atoms with van der Waals surface area (Å²) in [4.78, 5) is 3.11. The second kappa shape index (κ2) is 5.21. The number of sulfone groups is 1. The summed E-state index contributed by atoms with van der Waals surface area (Å²) < 4.78 is 23.5. The van der Waals surface area contributed by atoms with E-state index in [9.17, 15) is 8.42 Å². The van der Waals surface area contributed by atoms with Crippen molar-refractivity contribution in [3.05, 3.63) is 24.3 Å². The molecule has 0 unspecified atom stereocenters. The standard InChI is InChI=1S/C13H18BrNO2S/c1-15(9-10-7-11(14)8-10)12-5-3-4-6-13(12)18(2,16)17/h3-6,10-11H,7-9H2,1-2H3. The Labute approximate surface area is 117 Å². The van der Waals surface area contributed by atoms with E-state index in [0.29, 0.717) is 15.6 Å². The smallest absolute Gasteiger partial charge is 0.177 e. The highest BCUT2D eigenvalue weighted by molar-refractivity contribution is 9.09. The van der Waals surface area contributed by atoms with Gasteiger partial charge in [0.25, 0.3) is 0 Å². The molecule has 1 aromatic rings. The van der Waals surface area contributed by atoms with Gasteiger partial charge in [-0.15, -0.1) is 0 Å². The zero-order valence-electron chi connectivity index (χ0n) is 10.6. The summed E-state index contributed by atoms with van der Waals surface area (Å²) in [6, 6.07) is 7.20. The van der Waals surface area contributed by atoms with Gasteiger partial charge in [0.05, 0.1) is 10.6 Å². The minimum Gasteiger partial charge on any atom is -0.373 e. The third-order valence-electron chi connectivity index (χ3n) is 3.39. The van der Waals surface area contributed by atoms with Crippen LogP contribution in [0.3, 0.4) is 0 Å². The van der Waals surface area contributed by atoms with E-state index in [1.165, 1.54) is 19.1 Å². The summed E-state index contributed by atoms with van der Waals surface area (Å²) >= 11 is 3.58. The summed E-state index contributed by atoms with van der Waals surface area (Å²) in [5, 5.41) is 0. The van der Waals surface area contributed by atoms with Crippen LogP contribution >= 0.6 is 15.9 Å². The average Bonchev–Trinajstić information content (AvgIpc) is 2.26. The number of halogens is 1. The Hall–Kier alpha value is -0.550. The van der Waals surface area contributed by atoms with Crippen molar-refractivity contribution in [2.75, 3.05) is 24.7 Å². The fourth-order valence-corrected chi connectivity index (χ4v) is 4.36. The Morgan fingerprint density at radius 2 is 1.94 bits per heavy atom. The second-order valence-corrected chi connectivity index (χ2v) is 8.33. The summed E-state index contributed by atoms with van der Waals surface area (Å²) in [6.45, 7) is 0.911. The van der Waals surface area contributed by atoms with Crippen molar-refractivity contribution in [1.82, 2.24) is 0 Å².